The van der Waals surface area contributed by atoms with Crippen LogP contribution in [0.3, 0.4) is 0 Å². The molecule has 4 aliphatic carbocycles. The lowest BCUT2D eigenvalue weighted by Crippen LogP contribution is -2.56. The number of fused-ring (bicyclic) bond motifs is 1. The second kappa shape index (κ2) is 8.21. The van der Waals surface area contributed by atoms with Crippen molar-refractivity contribution in [2.45, 2.75) is 51.5 Å². The molecule has 5 aliphatic rings. The van der Waals surface area contributed by atoms with Gasteiger partial charge in [-0.25, -0.2) is 4.79 Å². The molecular formula is C25H31NO5. The van der Waals surface area contributed by atoms with Gasteiger partial charge in [-0.15, -0.1) is 0 Å². The molecule has 0 spiro atoms. The number of hydrogen-bond acceptors (Lipinski definition) is 5. The first kappa shape index (κ1) is 20.4. The van der Waals surface area contributed by atoms with E-state index in [1.807, 2.05) is 18.2 Å². The Bertz CT molecular complexity index is 857. The Labute approximate surface area is 183 Å². The Balaban J connectivity index is 1.10. The third kappa shape index (κ3) is 4.30. The fraction of sp³-hybridized carbons (Fsp3) is 0.600. The maximum absolute atomic E-state index is 12.4. The van der Waals surface area contributed by atoms with E-state index < -0.39 is 5.97 Å². The molecule has 6 heteroatoms. The largest absolute Gasteiger partial charge is 0.486 e. The number of esters is 1. The lowest BCUT2D eigenvalue weighted by Gasteiger charge is -2.59. The summed E-state index contributed by atoms with van der Waals surface area (Å²) in [4.78, 5) is 24.5. The summed E-state index contributed by atoms with van der Waals surface area (Å²) in [7, 11) is 0. The van der Waals surface area contributed by atoms with E-state index in [9.17, 15) is 9.59 Å². The van der Waals surface area contributed by atoms with E-state index >= 15 is 0 Å². The van der Waals surface area contributed by atoms with Crippen molar-refractivity contribution >= 4 is 18.0 Å². The number of hydrogen-bond donors (Lipinski definition) is 1. The van der Waals surface area contributed by atoms with Crippen LogP contribution in [-0.4, -0.2) is 37.7 Å². The van der Waals surface area contributed by atoms with Gasteiger partial charge in [0.15, 0.2) is 18.1 Å². The zero-order valence-corrected chi connectivity index (χ0v) is 18.1. The first-order chi connectivity index (χ1) is 15.0. The number of carbonyl (C=O) groups excluding carboxylic acids is 2. The maximum Gasteiger partial charge on any atom is 0.331 e. The molecule has 31 heavy (non-hydrogen) atoms. The molecule has 1 aromatic carbocycles. The van der Waals surface area contributed by atoms with Crippen LogP contribution in [0.5, 0.6) is 11.5 Å². The van der Waals surface area contributed by atoms with Gasteiger partial charge >= 0.3 is 5.97 Å². The molecule has 4 fully saturated rings. The summed E-state index contributed by atoms with van der Waals surface area (Å²) in [5.41, 5.74) is 1.05. The minimum absolute atomic E-state index is 0.125. The fourth-order valence-corrected chi connectivity index (χ4v) is 6.66. The van der Waals surface area contributed by atoms with Crippen LogP contribution in [0.15, 0.2) is 24.3 Å². The van der Waals surface area contributed by atoms with Crippen molar-refractivity contribution in [2.24, 2.45) is 23.2 Å². The summed E-state index contributed by atoms with van der Waals surface area (Å²) < 4.78 is 16.2. The normalized spacial score (nSPS) is 31.5. The molecule has 6 nitrogen and oxygen atoms in total. The molecule has 0 radical (unpaired) electrons. The van der Waals surface area contributed by atoms with Gasteiger partial charge in [0.2, 0.25) is 0 Å². The lowest BCUT2D eigenvalue weighted by molar-refractivity contribution is -0.145. The Morgan fingerprint density at radius 3 is 2.42 bits per heavy atom. The van der Waals surface area contributed by atoms with Crippen LogP contribution in [0.25, 0.3) is 6.08 Å². The number of rotatable bonds is 6. The summed E-state index contributed by atoms with van der Waals surface area (Å²) >= 11 is 0. The van der Waals surface area contributed by atoms with Gasteiger partial charge in [-0.05, 0) is 92.4 Å². The van der Waals surface area contributed by atoms with Crippen LogP contribution in [0.2, 0.25) is 0 Å². The third-order valence-electron chi connectivity index (χ3n) is 7.71. The van der Waals surface area contributed by atoms with Gasteiger partial charge in [-0.2, -0.15) is 0 Å². The van der Waals surface area contributed by atoms with E-state index in [1.54, 1.807) is 6.08 Å². The van der Waals surface area contributed by atoms with Crippen LogP contribution < -0.4 is 14.8 Å². The summed E-state index contributed by atoms with van der Waals surface area (Å²) in [6.45, 7) is 2.94. The average Bonchev–Trinajstić information content (AvgIpc) is 2.75. The standard InChI is InChI=1S/C25H31NO5/c1-16(25-12-18-8-19(13-25)10-20(9-18)14-25)26-23(27)15-31-24(28)5-3-17-2-4-21-22(11-17)30-7-6-29-21/h2-5,11,16,18-20H,6-10,12-15H2,1H3,(H,26,27)/b5-3+/t16-,18?,19?,20?,25?/m1/s1. The minimum atomic E-state index is -0.535. The molecule has 1 heterocycles. The predicted octanol–water partition coefficient (Wildman–Crippen LogP) is 3.74. The van der Waals surface area contributed by atoms with Crippen LogP contribution in [-0.2, 0) is 14.3 Å². The lowest BCUT2D eigenvalue weighted by atomic mass is 9.48. The van der Waals surface area contributed by atoms with E-state index in [0.717, 1.165) is 23.3 Å². The number of ether oxygens (including phenoxy) is 3. The average molecular weight is 426 g/mol. The molecule has 1 amide bonds. The predicted molar refractivity (Wildman–Crippen MR) is 116 cm³/mol. The first-order valence-electron chi connectivity index (χ1n) is 11.5. The van der Waals surface area contributed by atoms with Gasteiger partial charge in [-0.1, -0.05) is 6.07 Å². The zero-order chi connectivity index (χ0) is 21.4. The summed E-state index contributed by atoms with van der Waals surface area (Å²) in [5, 5.41) is 3.13. The van der Waals surface area contributed by atoms with Crippen LogP contribution >= 0.6 is 0 Å². The molecule has 0 aromatic heterocycles. The van der Waals surface area contributed by atoms with Gasteiger partial charge < -0.3 is 19.5 Å². The van der Waals surface area contributed by atoms with Crippen molar-refractivity contribution in [1.29, 1.82) is 0 Å². The van der Waals surface area contributed by atoms with Gasteiger partial charge in [-0.3, -0.25) is 4.79 Å². The summed E-state index contributed by atoms with van der Waals surface area (Å²) in [6, 6.07) is 5.61. The molecule has 1 aromatic rings. The van der Waals surface area contributed by atoms with Gasteiger partial charge in [0.25, 0.3) is 5.91 Å². The monoisotopic (exact) mass is 425 g/mol. The van der Waals surface area contributed by atoms with Gasteiger partial charge in [0.05, 0.1) is 0 Å². The third-order valence-corrected chi connectivity index (χ3v) is 7.71. The Hall–Kier alpha value is -2.50. The van der Waals surface area contributed by atoms with Crippen molar-refractivity contribution < 1.29 is 23.8 Å². The molecule has 0 unspecified atom stereocenters. The number of benzene rings is 1. The van der Waals surface area contributed by atoms with Gasteiger partial charge in [0.1, 0.15) is 13.2 Å². The van der Waals surface area contributed by atoms with Crippen LogP contribution in [0.1, 0.15) is 51.0 Å². The smallest absolute Gasteiger partial charge is 0.331 e. The highest BCUT2D eigenvalue weighted by Gasteiger charge is 2.53. The Kier molecular flexibility index (Phi) is 5.40. The van der Waals surface area contributed by atoms with E-state index in [-0.39, 0.29) is 24.0 Å². The van der Waals surface area contributed by atoms with Crippen molar-refractivity contribution in [1.82, 2.24) is 5.32 Å². The molecule has 4 bridgehead atoms. The Morgan fingerprint density at radius 2 is 1.74 bits per heavy atom. The van der Waals surface area contributed by atoms with Crippen molar-refractivity contribution in [3.63, 3.8) is 0 Å². The van der Waals surface area contributed by atoms with Crippen molar-refractivity contribution in [3.05, 3.63) is 29.8 Å². The highest BCUT2D eigenvalue weighted by Crippen LogP contribution is 2.61. The van der Waals surface area contributed by atoms with E-state index in [4.69, 9.17) is 14.2 Å². The molecule has 0 saturated heterocycles. The zero-order valence-electron chi connectivity index (χ0n) is 18.1. The number of amides is 1. The van der Waals surface area contributed by atoms with E-state index in [0.29, 0.717) is 24.7 Å². The van der Waals surface area contributed by atoms with Gasteiger partial charge in [0, 0.05) is 12.1 Å². The SMILES string of the molecule is C[C@@H](NC(=O)COC(=O)/C=C/c1ccc2c(c1)OCCO2)C12CC3CC(CC(C3)C1)C2. The Morgan fingerprint density at radius 1 is 1.10 bits per heavy atom. The maximum atomic E-state index is 12.4. The van der Waals surface area contributed by atoms with Crippen molar-refractivity contribution in [2.75, 3.05) is 19.8 Å². The second-order valence-electron chi connectivity index (χ2n) is 9.91. The molecule has 4 saturated carbocycles. The van der Waals surface area contributed by atoms with Crippen LogP contribution in [0.4, 0.5) is 0 Å². The second-order valence-corrected chi connectivity index (χ2v) is 9.91. The number of nitrogens with one attached hydrogen (secondary N) is 1. The number of carbonyl (C=O) groups is 2. The highest BCUT2D eigenvalue weighted by atomic mass is 16.6. The fourth-order valence-electron chi connectivity index (χ4n) is 6.66. The van der Waals surface area contributed by atoms with Crippen LogP contribution in [0, 0.1) is 23.2 Å². The van der Waals surface area contributed by atoms with E-state index in [2.05, 4.69) is 12.2 Å². The summed E-state index contributed by atoms with van der Waals surface area (Å²) in [5.74, 6) is 3.14. The molecule has 6 rings (SSSR count). The first-order valence-corrected chi connectivity index (χ1v) is 11.5. The molecule has 1 aliphatic heterocycles. The van der Waals surface area contributed by atoms with Crippen molar-refractivity contribution in [3.8, 4) is 11.5 Å². The quantitative estimate of drug-likeness (QED) is 0.555. The summed E-state index contributed by atoms with van der Waals surface area (Å²) in [6.07, 6.45) is 10.8. The molecule has 166 valence electrons. The topological polar surface area (TPSA) is 73.9 Å². The minimum Gasteiger partial charge on any atom is -0.486 e. The highest BCUT2D eigenvalue weighted by molar-refractivity contribution is 5.89. The van der Waals surface area contributed by atoms with E-state index in [1.165, 1.54) is 44.6 Å². The molecule has 1 atom stereocenters. The molecule has 1 N–H and O–H groups in total. The molecular weight excluding hydrogens is 394 g/mol.